The highest BCUT2D eigenvalue weighted by Crippen LogP contribution is 2.04. The number of likely N-dealkylation sites (N-methyl/N-ethyl adjacent to an activating group) is 1. The summed E-state index contributed by atoms with van der Waals surface area (Å²) < 4.78 is 4.81. The number of nitrogens with two attached hydrogens (primary N) is 1. The number of hydrogen-bond donors (Lipinski definition) is 2. The second-order valence-electron chi connectivity index (χ2n) is 4.77. The maximum Gasteiger partial charge on any atom is 0.239 e. The second kappa shape index (κ2) is 8.88. The first-order chi connectivity index (χ1) is 8.38. The molecule has 0 saturated carbocycles. The van der Waals surface area contributed by atoms with Crippen LogP contribution in [0.2, 0.25) is 0 Å². The van der Waals surface area contributed by atoms with Gasteiger partial charge in [0.15, 0.2) is 0 Å². The van der Waals surface area contributed by atoms with E-state index >= 15 is 0 Å². The van der Waals surface area contributed by atoms with Gasteiger partial charge in [-0.3, -0.25) is 9.59 Å². The van der Waals surface area contributed by atoms with Gasteiger partial charge < -0.3 is 20.7 Å². The molecule has 0 bridgehead atoms. The highest BCUT2D eigenvalue weighted by molar-refractivity contribution is 5.87. The van der Waals surface area contributed by atoms with Crippen molar-refractivity contribution >= 4 is 11.8 Å². The molecule has 0 aliphatic rings. The summed E-state index contributed by atoms with van der Waals surface area (Å²) >= 11 is 0. The molecule has 0 spiro atoms. The van der Waals surface area contributed by atoms with Gasteiger partial charge in [-0.25, -0.2) is 0 Å². The summed E-state index contributed by atoms with van der Waals surface area (Å²) in [7, 11) is 3.14. The molecule has 0 aromatic carbocycles. The number of carbonyl (C=O) groups excluding carboxylic acids is 2. The summed E-state index contributed by atoms with van der Waals surface area (Å²) in [5.74, 6) is -0.0573. The number of rotatable bonds is 8. The van der Waals surface area contributed by atoms with Crippen LogP contribution in [0.15, 0.2) is 0 Å². The van der Waals surface area contributed by atoms with E-state index in [1.54, 1.807) is 14.2 Å². The fourth-order valence-electron chi connectivity index (χ4n) is 1.53. The lowest BCUT2D eigenvalue weighted by molar-refractivity contribution is -0.136. The van der Waals surface area contributed by atoms with Crippen molar-refractivity contribution in [2.24, 2.45) is 11.7 Å². The number of hydrogen-bond acceptors (Lipinski definition) is 4. The van der Waals surface area contributed by atoms with Gasteiger partial charge in [0, 0.05) is 20.7 Å². The van der Waals surface area contributed by atoms with Crippen molar-refractivity contribution in [1.82, 2.24) is 10.2 Å². The zero-order valence-corrected chi connectivity index (χ0v) is 11.7. The average molecular weight is 259 g/mol. The molecule has 3 N–H and O–H groups in total. The van der Waals surface area contributed by atoms with Crippen molar-refractivity contribution < 1.29 is 14.3 Å². The Morgan fingerprint density at radius 1 is 1.39 bits per heavy atom. The van der Waals surface area contributed by atoms with E-state index in [1.165, 1.54) is 4.90 Å². The Kier molecular flexibility index (Phi) is 8.32. The molecule has 0 aromatic heterocycles. The maximum absolute atomic E-state index is 11.8. The van der Waals surface area contributed by atoms with Crippen molar-refractivity contribution in [2.75, 3.05) is 33.9 Å². The van der Waals surface area contributed by atoms with Crippen molar-refractivity contribution in [3.63, 3.8) is 0 Å². The molecule has 0 fully saturated rings. The minimum absolute atomic E-state index is 0.0222. The molecule has 0 saturated heterocycles. The molecule has 6 nitrogen and oxygen atoms in total. The Bertz CT molecular complexity index is 269. The number of methoxy groups -OCH3 is 1. The van der Waals surface area contributed by atoms with Gasteiger partial charge in [0.05, 0.1) is 19.2 Å². The molecule has 0 rings (SSSR count). The lowest BCUT2D eigenvalue weighted by Gasteiger charge is -2.21. The lowest BCUT2D eigenvalue weighted by atomic mass is 10.0. The summed E-state index contributed by atoms with van der Waals surface area (Å²) in [6.45, 7) is 4.93. The molecule has 0 unspecified atom stereocenters. The smallest absolute Gasteiger partial charge is 0.239 e. The van der Waals surface area contributed by atoms with E-state index in [2.05, 4.69) is 5.32 Å². The number of carbonyl (C=O) groups is 2. The van der Waals surface area contributed by atoms with Crippen LogP contribution >= 0.6 is 0 Å². The third-order valence-electron chi connectivity index (χ3n) is 2.43. The van der Waals surface area contributed by atoms with Gasteiger partial charge >= 0.3 is 0 Å². The Labute approximate surface area is 109 Å². The van der Waals surface area contributed by atoms with Crippen LogP contribution in [0.4, 0.5) is 0 Å². The third-order valence-corrected chi connectivity index (χ3v) is 2.43. The maximum atomic E-state index is 11.8. The molecular formula is C12H25N3O3. The molecule has 1 atom stereocenters. The molecular weight excluding hydrogens is 234 g/mol. The lowest BCUT2D eigenvalue weighted by Crippen LogP contribution is -2.46. The summed E-state index contributed by atoms with van der Waals surface area (Å²) in [5.41, 5.74) is 5.77. The molecule has 0 aliphatic carbocycles. The Morgan fingerprint density at radius 2 is 2.00 bits per heavy atom. The quantitative estimate of drug-likeness (QED) is 0.580. The fourth-order valence-corrected chi connectivity index (χ4v) is 1.53. The third kappa shape index (κ3) is 7.24. The van der Waals surface area contributed by atoms with Crippen LogP contribution in [0.25, 0.3) is 0 Å². The highest BCUT2D eigenvalue weighted by atomic mass is 16.5. The largest absolute Gasteiger partial charge is 0.383 e. The Morgan fingerprint density at radius 3 is 2.50 bits per heavy atom. The van der Waals surface area contributed by atoms with Crippen LogP contribution in [0, 0.1) is 5.92 Å². The summed E-state index contributed by atoms with van der Waals surface area (Å²) in [4.78, 5) is 24.7. The summed E-state index contributed by atoms with van der Waals surface area (Å²) in [6, 6.07) is -0.540. The van der Waals surface area contributed by atoms with Gasteiger partial charge in [0.1, 0.15) is 0 Å². The topological polar surface area (TPSA) is 84.7 Å². The first-order valence-corrected chi connectivity index (χ1v) is 6.14. The first kappa shape index (κ1) is 16.9. The van der Waals surface area contributed by atoms with E-state index in [0.717, 1.165) is 0 Å². The molecule has 18 heavy (non-hydrogen) atoms. The van der Waals surface area contributed by atoms with Gasteiger partial charge in [0.25, 0.3) is 0 Å². The van der Waals surface area contributed by atoms with Crippen molar-refractivity contribution in [2.45, 2.75) is 26.3 Å². The van der Waals surface area contributed by atoms with Crippen molar-refractivity contribution in [3.8, 4) is 0 Å². The van der Waals surface area contributed by atoms with E-state index < -0.39 is 6.04 Å². The standard InChI is InChI=1S/C12H25N3O3/c1-9(2)7-10(13)12(17)15(3)8-11(16)14-5-6-18-4/h9-10H,5-8,13H2,1-4H3,(H,14,16)/t10-/m1/s1. The SMILES string of the molecule is COCCNC(=O)CN(C)C(=O)[C@H](N)CC(C)C. The van der Waals surface area contributed by atoms with E-state index in [9.17, 15) is 9.59 Å². The Hall–Kier alpha value is -1.14. The molecule has 106 valence electrons. The molecule has 2 amide bonds. The molecule has 0 aromatic rings. The van der Waals surface area contributed by atoms with Crippen LogP contribution < -0.4 is 11.1 Å². The number of nitrogens with zero attached hydrogens (tertiary/aromatic N) is 1. The van der Waals surface area contributed by atoms with Crippen LogP contribution in [-0.4, -0.2) is 56.6 Å². The molecule has 6 heteroatoms. The van der Waals surface area contributed by atoms with E-state index in [-0.39, 0.29) is 18.4 Å². The predicted octanol–water partition coefficient (Wildman–Crippen LogP) is -0.419. The van der Waals surface area contributed by atoms with E-state index in [0.29, 0.717) is 25.5 Å². The minimum Gasteiger partial charge on any atom is -0.383 e. The number of amides is 2. The predicted molar refractivity (Wildman–Crippen MR) is 70.0 cm³/mol. The monoisotopic (exact) mass is 259 g/mol. The van der Waals surface area contributed by atoms with Crippen LogP contribution in [-0.2, 0) is 14.3 Å². The molecule has 0 heterocycles. The van der Waals surface area contributed by atoms with E-state index in [1.807, 2.05) is 13.8 Å². The average Bonchev–Trinajstić information content (AvgIpc) is 2.27. The van der Waals surface area contributed by atoms with Crippen molar-refractivity contribution in [3.05, 3.63) is 0 Å². The van der Waals surface area contributed by atoms with Gasteiger partial charge in [-0.2, -0.15) is 0 Å². The zero-order chi connectivity index (χ0) is 14.1. The van der Waals surface area contributed by atoms with Gasteiger partial charge in [0.2, 0.25) is 11.8 Å². The number of ether oxygens (including phenoxy) is 1. The Balaban J connectivity index is 4.03. The summed E-state index contributed by atoms with van der Waals surface area (Å²) in [5, 5.41) is 2.65. The summed E-state index contributed by atoms with van der Waals surface area (Å²) in [6.07, 6.45) is 0.620. The van der Waals surface area contributed by atoms with Gasteiger partial charge in [-0.05, 0) is 12.3 Å². The van der Waals surface area contributed by atoms with E-state index in [4.69, 9.17) is 10.5 Å². The minimum atomic E-state index is -0.540. The molecule has 0 radical (unpaired) electrons. The first-order valence-electron chi connectivity index (χ1n) is 6.14. The highest BCUT2D eigenvalue weighted by Gasteiger charge is 2.20. The molecule has 0 aliphatic heterocycles. The van der Waals surface area contributed by atoms with Crippen LogP contribution in [0.5, 0.6) is 0 Å². The van der Waals surface area contributed by atoms with Gasteiger partial charge in [-0.1, -0.05) is 13.8 Å². The zero-order valence-electron chi connectivity index (χ0n) is 11.7. The van der Waals surface area contributed by atoms with Crippen LogP contribution in [0.1, 0.15) is 20.3 Å². The fraction of sp³-hybridized carbons (Fsp3) is 0.833. The number of nitrogens with one attached hydrogen (secondary N) is 1. The van der Waals surface area contributed by atoms with Crippen molar-refractivity contribution in [1.29, 1.82) is 0 Å². The normalized spacial score (nSPS) is 12.3. The van der Waals surface area contributed by atoms with Gasteiger partial charge in [-0.15, -0.1) is 0 Å². The van der Waals surface area contributed by atoms with Crippen LogP contribution in [0.3, 0.4) is 0 Å². The second-order valence-corrected chi connectivity index (χ2v) is 4.77.